The molecule has 0 aromatic heterocycles. The summed E-state index contributed by atoms with van der Waals surface area (Å²) in [6.45, 7) is 1.89. The Labute approximate surface area is 147 Å². The summed E-state index contributed by atoms with van der Waals surface area (Å²) in [5.41, 5.74) is 0.805. The van der Waals surface area contributed by atoms with E-state index in [0.717, 1.165) is 5.56 Å². The number of hydrogen-bond acceptors (Lipinski definition) is 4. The van der Waals surface area contributed by atoms with Gasteiger partial charge in [0.15, 0.2) is 9.84 Å². The van der Waals surface area contributed by atoms with Crippen molar-refractivity contribution < 1.29 is 23.1 Å². The smallest absolute Gasteiger partial charge is 0.315 e. The molecule has 0 bridgehead atoms. The number of hydrogen-bond donors (Lipinski definition) is 3. The van der Waals surface area contributed by atoms with Crippen LogP contribution in [0.25, 0.3) is 0 Å². The lowest BCUT2D eigenvalue weighted by molar-refractivity contribution is -0.142. The van der Waals surface area contributed by atoms with Gasteiger partial charge >= 0.3 is 12.0 Å². The van der Waals surface area contributed by atoms with Gasteiger partial charge in [0, 0.05) is 12.6 Å². The van der Waals surface area contributed by atoms with Crippen LogP contribution in [0.15, 0.2) is 29.2 Å². The van der Waals surface area contributed by atoms with Crippen LogP contribution in [-0.4, -0.2) is 37.3 Å². The molecule has 0 spiro atoms. The van der Waals surface area contributed by atoms with Crippen LogP contribution in [0, 0.1) is 5.92 Å². The molecule has 7 nitrogen and oxygen atoms in total. The van der Waals surface area contributed by atoms with Gasteiger partial charge in [-0.15, -0.1) is 0 Å². The van der Waals surface area contributed by atoms with Gasteiger partial charge in [0.05, 0.1) is 16.6 Å². The van der Waals surface area contributed by atoms with Crippen LogP contribution in [0.1, 0.15) is 38.2 Å². The maximum absolute atomic E-state index is 11.9. The SMILES string of the molecule is CCS(=O)(=O)c1ccc(CNC(=O)NC2CCC(C(=O)O)CC2)cc1. The minimum atomic E-state index is -3.22. The van der Waals surface area contributed by atoms with E-state index in [1.807, 2.05) is 0 Å². The highest BCUT2D eigenvalue weighted by Crippen LogP contribution is 2.24. The fraction of sp³-hybridized carbons (Fsp3) is 0.529. The zero-order valence-corrected chi connectivity index (χ0v) is 15.0. The predicted octanol–water partition coefficient (Wildman–Crippen LogP) is 1.92. The monoisotopic (exact) mass is 368 g/mol. The summed E-state index contributed by atoms with van der Waals surface area (Å²) < 4.78 is 23.5. The lowest BCUT2D eigenvalue weighted by Crippen LogP contribution is -2.43. The number of carbonyl (C=O) groups is 2. The van der Waals surface area contributed by atoms with Gasteiger partial charge in [-0.2, -0.15) is 0 Å². The number of benzene rings is 1. The number of urea groups is 1. The second-order valence-corrected chi connectivity index (χ2v) is 8.54. The Morgan fingerprint density at radius 3 is 2.24 bits per heavy atom. The van der Waals surface area contributed by atoms with Gasteiger partial charge in [-0.1, -0.05) is 19.1 Å². The summed E-state index contributed by atoms with van der Waals surface area (Å²) in [5, 5.41) is 14.6. The maximum atomic E-state index is 11.9. The third kappa shape index (κ3) is 5.45. The molecule has 0 atom stereocenters. The van der Waals surface area contributed by atoms with Crippen molar-refractivity contribution in [1.29, 1.82) is 0 Å². The van der Waals surface area contributed by atoms with E-state index in [-0.39, 0.29) is 28.6 Å². The second kappa shape index (κ2) is 8.33. The molecule has 25 heavy (non-hydrogen) atoms. The summed E-state index contributed by atoms with van der Waals surface area (Å²) in [7, 11) is -3.22. The van der Waals surface area contributed by atoms with Crippen LogP contribution in [-0.2, 0) is 21.2 Å². The molecule has 0 aliphatic heterocycles. The molecule has 2 amide bonds. The van der Waals surface area contributed by atoms with Gasteiger partial charge in [0.1, 0.15) is 0 Å². The van der Waals surface area contributed by atoms with Gasteiger partial charge in [0.2, 0.25) is 0 Å². The van der Waals surface area contributed by atoms with E-state index in [1.54, 1.807) is 31.2 Å². The lowest BCUT2D eigenvalue weighted by atomic mass is 9.86. The standard InChI is InChI=1S/C17H24N2O5S/c1-2-25(23,24)15-9-3-12(4-10-15)11-18-17(22)19-14-7-5-13(6-8-14)16(20)21/h3-4,9-10,13-14H,2,5-8,11H2,1H3,(H,20,21)(H2,18,19,22). The van der Waals surface area contributed by atoms with Crippen molar-refractivity contribution in [3.8, 4) is 0 Å². The summed E-state index contributed by atoms with van der Waals surface area (Å²) in [6.07, 6.45) is 2.48. The van der Waals surface area contributed by atoms with Gasteiger partial charge in [0.25, 0.3) is 0 Å². The van der Waals surface area contributed by atoms with E-state index in [1.165, 1.54) is 0 Å². The number of carboxylic acid groups (broad SMARTS) is 1. The van der Waals surface area contributed by atoms with Gasteiger partial charge < -0.3 is 15.7 Å². The fourth-order valence-electron chi connectivity index (χ4n) is 2.88. The Morgan fingerprint density at radius 1 is 1.12 bits per heavy atom. The summed E-state index contributed by atoms with van der Waals surface area (Å²) in [5.74, 6) is -1.02. The minimum absolute atomic E-state index is 0.00678. The van der Waals surface area contributed by atoms with E-state index in [9.17, 15) is 18.0 Å². The third-order valence-corrected chi connectivity index (χ3v) is 6.28. The first kappa shape index (κ1) is 19.2. The van der Waals surface area contributed by atoms with Crippen LogP contribution in [0.3, 0.4) is 0 Å². The van der Waals surface area contributed by atoms with Crippen molar-refractivity contribution in [2.45, 2.75) is 50.1 Å². The third-order valence-electron chi connectivity index (χ3n) is 4.53. The van der Waals surface area contributed by atoms with Gasteiger partial charge in [-0.3, -0.25) is 4.79 Å². The molecule has 3 N–H and O–H groups in total. The number of aliphatic carboxylic acids is 1. The molecule has 1 aromatic carbocycles. The molecule has 1 fully saturated rings. The Bertz CT molecular complexity index is 707. The molecule has 0 saturated heterocycles. The van der Waals surface area contributed by atoms with E-state index >= 15 is 0 Å². The van der Waals surface area contributed by atoms with Crippen LogP contribution in [0.4, 0.5) is 4.79 Å². The molecule has 8 heteroatoms. The van der Waals surface area contributed by atoms with Gasteiger partial charge in [-0.05, 0) is 43.4 Å². The molecular weight excluding hydrogens is 344 g/mol. The zero-order chi connectivity index (χ0) is 18.4. The highest BCUT2D eigenvalue weighted by molar-refractivity contribution is 7.91. The Morgan fingerprint density at radius 2 is 1.72 bits per heavy atom. The number of sulfone groups is 1. The van der Waals surface area contributed by atoms with Crippen LogP contribution >= 0.6 is 0 Å². The van der Waals surface area contributed by atoms with Crippen molar-refractivity contribution in [1.82, 2.24) is 10.6 Å². The van der Waals surface area contributed by atoms with Crippen LogP contribution in [0.5, 0.6) is 0 Å². The number of nitrogens with one attached hydrogen (secondary N) is 2. The highest BCUT2D eigenvalue weighted by atomic mass is 32.2. The summed E-state index contributed by atoms with van der Waals surface area (Å²) in [4.78, 5) is 23.1. The van der Waals surface area contributed by atoms with E-state index < -0.39 is 15.8 Å². The molecule has 1 aliphatic rings. The molecule has 1 aliphatic carbocycles. The molecule has 138 valence electrons. The van der Waals surface area contributed by atoms with E-state index in [2.05, 4.69) is 10.6 Å². The van der Waals surface area contributed by atoms with E-state index in [0.29, 0.717) is 32.2 Å². The molecule has 1 aromatic rings. The molecule has 0 radical (unpaired) electrons. The molecule has 0 unspecified atom stereocenters. The minimum Gasteiger partial charge on any atom is -0.481 e. The lowest BCUT2D eigenvalue weighted by Gasteiger charge is -2.26. The number of rotatable bonds is 6. The number of carboxylic acids is 1. The van der Waals surface area contributed by atoms with Crippen molar-refractivity contribution in [3.63, 3.8) is 0 Å². The maximum Gasteiger partial charge on any atom is 0.315 e. The highest BCUT2D eigenvalue weighted by Gasteiger charge is 2.26. The van der Waals surface area contributed by atoms with Crippen LogP contribution in [0.2, 0.25) is 0 Å². The Hall–Kier alpha value is -2.09. The van der Waals surface area contributed by atoms with E-state index in [4.69, 9.17) is 5.11 Å². The van der Waals surface area contributed by atoms with Crippen molar-refractivity contribution in [3.05, 3.63) is 29.8 Å². The molecule has 2 rings (SSSR count). The average molecular weight is 368 g/mol. The largest absolute Gasteiger partial charge is 0.481 e. The van der Waals surface area contributed by atoms with Crippen LogP contribution < -0.4 is 10.6 Å². The molecular formula is C17H24N2O5S. The Balaban J connectivity index is 1.78. The number of amides is 2. The first-order valence-corrected chi connectivity index (χ1v) is 10.1. The molecule has 1 saturated carbocycles. The zero-order valence-electron chi connectivity index (χ0n) is 14.2. The normalized spacial score (nSPS) is 20.7. The fourth-order valence-corrected chi connectivity index (χ4v) is 3.77. The first-order valence-electron chi connectivity index (χ1n) is 8.40. The Kier molecular flexibility index (Phi) is 6.41. The van der Waals surface area contributed by atoms with Crippen molar-refractivity contribution in [2.75, 3.05) is 5.75 Å². The summed E-state index contributed by atoms with van der Waals surface area (Å²) in [6, 6.07) is 6.14. The second-order valence-electron chi connectivity index (χ2n) is 6.26. The first-order chi connectivity index (χ1) is 11.8. The molecule has 0 heterocycles. The predicted molar refractivity (Wildman–Crippen MR) is 92.9 cm³/mol. The quantitative estimate of drug-likeness (QED) is 0.710. The average Bonchev–Trinajstić information content (AvgIpc) is 2.61. The summed E-state index contributed by atoms with van der Waals surface area (Å²) >= 11 is 0. The topological polar surface area (TPSA) is 113 Å². The number of carbonyl (C=O) groups excluding carboxylic acids is 1. The van der Waals surface area contributed by atoms with Crippen molar-refractivity contribution in [2.24, 2.45) is 5.92 Å². The van der Waals surface area contributed by atoms with Crippen molar-refractivity contribution >= 4 is 21.8 Å². The van der Waals surface area contributed by atoms with Gasteiger partial charge in [-0.25, -0.2) is 13.2 Å².